The van der Waals surface area contributed by atoms with E-state index in [2.05, 4.69) is 12.0 Å². The van der Waals surface area contributed by atoms with Gasteiger partial charge in [-0.25, -0.2) is 0 Å². The van der Waals surface area contributed by atoms with Gasteiger partial charge >= 0.3 is 6.18 Å². The number of carbonyl (C=O) groups excluding carboxylic acids is 1. The number of aldehydes is 1. The summed E-state index contributed by atoms with van der Waals surface area (Å²) in [4.78, 5) is 11.0. The molecule has 3 aromatic rings. The SMILES string of the molecule is CC1C(c2ccc3cn(C)nc3c2)=CC=CC1/C=C/c1cc(C=O)ccc1C(F)(F)F. The molecule has 0 bridgehead atoms. The molecule has 0 amide bonds. The molecule has 2 aromatic carbocycles. The van der Waals surface area contributed by atoms with Crippen molar-refractivity contribution in [2.75, 3.05) is 0 Å². The largest absolute Gasteiger partial charge is 0.416 e. The zero-order chi connectivity index (χ0) is 22.2. The fraction of sp³-hybridized carbons (Fsp3) is 0.200. The fourth-order valence-electron chi connectivity index (χ4n) is 3.99. The number of hydrogen-bond donors (Lipinski definition) is 0. The van der Waals surface area contributed by atoms with E-state index in [-0.39, 0.29) is 23.0 Å². The van der Waals surface area contributed by atoms with Crippen molar-refractivity contribution in [2.24, 2.45) is 18.9 Å². The smallest absolute Gasteiger partial charge is 0.298 e. The third-order valence-corrected chi connectivity index (χ3v) is 5.65. The third-order valence-electron chi connectivity index (χ3n) is 5.65. The van der Waals surface area contributed by atoms with E-state index in [1.165, 1.54) is 18.2 Å². The molecule has 1 aliphatic carbocycles. The van der Waals surface area contributed by atoms with Crippen LogP contribution in [0.25, 0.3) is 22.6 Å². The van der Waals surface area contributed by atoms with Crippen molar-refractivity contribution in [3.05, 3.63) is 89.2 Å². The summed E-state index contributed by atoms with van der Waals surface area (Å²) >= 11 is 0. The van der Waals surface area contributed by atoms with Crippen LogP contribution in [0.4, 0.5) is 13.2 Å². The highest BCUT2D eigenvalue weighted by Gasteiger charge is 2.33. The minimum Gasteiger partial charge on any atom is -0.298 e. The Morgan fingerprint density at radius 1 is 1.13 bits per heavy atom. The molecule has 0 spiro atoms. The summed E-state index contributed by atoms with van der Waals surface area (Å²) in [5.74, 6) is -0.0218. The standard InChI is InChI=1S/C25H21F3N2O/c1-16-18(7-9-20-12-17(15-31)6-11-23(20)25(26,27)28)4-3-5-22(16)19-8-10-21-14-30(2)29-24(21)13-19/h3-16,18H,1-2H3/b9-7+. The van der Waals surface area contributed by atoms with Crippen LogP contribution in [-0.4, -0.2) is 16.1 Å². The lowest BCUT2D eigenvalue weighted by molar-refractivity contribution is -0.137. The molecule has 158 valence electrons. The minimum absolute atomic E-state index is 0.0105. The maximum absolute atomic E-state index is 13.4. The lowest BCUT2D eigenvalue weighted by Gasteiger charge is -2.25. The zero-order valence-electron chi connectivity index (χ0n) is 17.1. The molecule has 4 rings (SSSR count). The number of halogens is 3. The molecular formula is C25H21F3N2O. The van der Waals surface area contributed by atoms with Crippen molar-refractivity contribution < 1.29 is 18.0 Å². The number of benzene rings is 2. The van der Waals surface area contributed by atoms with Gasteiger partial charge in [-0.2, -0.15) is 18.3 Å². The van der Waals surface area contributed by atoms with Crippen LogP contribution in [0.3, 0.4) is 0 Å². The molecule has 0 saturated heterocycles. The molecule has 0 radical (unpaired) electrons. The molecule has 0 aliphatic heterocycles. The van der Waals surface area contributed by atoms with Crippen LogP contribution >= 0.6 is 0 Å². The second-order valence-electron chi connectivity index (χ2n) is 7.77. The molecule has 0 N–H and O–H groups in total. The number of nitrogens with zero attached hydrogens (tertiary/aromatic N) is 2. The Morgan fingerprint density at radius 3 is 2.68 bits per heavy atom. The van der Waals surface area contributed by atoms with Crippen molar-refractivity contribution in [2.45, 2.75) is 13.1 Å². The number of hydrogen-bond acceptors (Lipinski definition) is 2. The van der Waals surface area contributed by atoms with Gasteiger partial charge in [0, 0.05) is 30.1 Å². The van der Waals surface area contributed by atoms with Crippen molar-refractivity contribution in [3.8, 4) is 0 Å². The average Bonchev–Trinajstić information content (AvgIpc) is 3.11. The van der Waals surface area contributed by atoms with Crippen LogP contribution in [0.1, 0.15) is 34.0 Å². The first kappa shape index (κ1) is 20.8. The zero-order valence-corrected chi connectivity index (χ0v) is 17.1. The average molecular weight is 422 g/mol. The van der Waals surface area contributed by atoms with Gasteiger partial charge in [0.1, 0.15) is 6.29 Å². The van der Waals surface area contributed by atoms with Crippen LogP contribution < -0.4 is 0 Å². The summed E-state index contributed by atoms with van der Waals surface area (Å²) in [5.41, 5.74) is 2.49. The van der Waals surface area contributed by atoms with Crippen LogP contribution in [0, 0.1) is 11.8 Å². The summed E-state index contributed by atoms with van der Waals surface area (Å²) in [5, 5.41) is 5.51. The molecule has 1 heterocycles. The second-order valence-corrected chi connectivity index (χ2v) is 7.77. The molecule has 31 heavy (non-hydrogen) atoms. The van der Waals surface area contributed by atoms with Gasteiger partial charge in [-0.05, 0) is 40.8 Å². The Balaban J connectivity index is 1.63. The number of carbonyl (C=O) groups is 1. The Kier molecular flexibility index (Phi) is 5.39. The summed E-state index contributed by atoms with van der Waals surface area (Å²) in [6.07, 6.45) is 7.19. The number of rotatable bonds is 4. The van der Waals surface area contributed by atoms with Crippen LogP contribution in [0.5, 0.6) is 0 Å². The van der Waals surface area contributed by atoms with E-state index < -0.39 is 11.7 Å². The van der Waals surface area contributed by atoms with Crippen molar-refractivity contribution >= 4 is 28.8 Å². The lowest BCUT2D eigenvalue weighted by atomic mass is 9.80. The number of fused-ring (bicyclic) bond motifs is 1. The Bertz CT molecular complexity index is 1230. The normalized spacial score (nSPS) is 19.2. The van der Waals surface area contributed by atoms with Crippen molar-refractivity contribution in [1.82, 2.24) is 9.78 Å². The van der Waals surface area contributed by atoms with Gasteiger partial charge in [0.2, 0.25) is 0 Å². The highest BCUT2D eigenvalue weighted by Crippen LogP contribution is 2.37. The van der Waals surface area contributed by atoms with Crippen LogP contribution in [0.2, 0.25) is 0 Å². The van der Waals surface area contributed by atoms with Crippen LogP contribution in [0.15, 0.2) is 66.9 Å². The first-order valence-corrected chi connectivity index (χ1v) is 9.93. The summed E-state index contributed by atoms with van der Waals surface area (Å²) in [6.45, 7) is 2.06. The van der Waals surface area contributed by atoms with Gasteiger partial charge in [-0.1, -0.05) is 55.5 Å². The van der Waals surface area contributed by atoms with E-state index >= 15 is 0 Å². The van der Waals surface area contributed by atoms with Gasteiger partial charge < -0.3 is 0 Å². The summed E-state index contributed by atoms with van der Waals surface area (Å²) in [7, 11) is 1.88. The summed E-state index contributed by atoms with van der Waals surface area (Å²) in [6, 6.07) is 9.51. The van der Waals surface area contributed by atoms with Gasteiger partial charge in [0.25, 0.3) is 0 Å². The molecule has 6 heteroatoms. The summed E-state index contributed by atoms with van der Waals surface area (Å²) < 4.78 is 41.9. The topological polar surface area (TPSA) is 34.9 Å². The predicted octanol–water partition coefficient (Wildman–Crippen LogP) is 6.32. The molecule has 0 fully saturated rings. The van der Waals surface area contributed by atoms with E-state index in [1.807, 2.05) is 49.7 Å². The molecular weight excluding hydrogens is 401 g/mol. The number of aromatic nitrogens is 2. The van der Waals surface area contributed by atoms with Crippen molar-refractivity contribution in [1.29, 1.82) is 0 Å². The molecule has 1 aliphatic rings. The molecule has 2 atom stereocenters. The minimum atomic E-state index is -4.49. The van der Waals surface area contributed by atoms with Crippen molar-refractivity contribution in [3.63, 3.8) is 0 Å². The maximum atomic E-state index is 13.4. The highest BCUT2D eigenvalue weighted by molar-refractivity contribution is 5.84. The quantitative estimate of drug-likeness (QED) is 0.461. The second kappa shape index (κ2) is 8.02. The van der Waals surface area contributed by atoms with E-state index in [0.717, 1.165) is 28.1 Å². The molecule has 3 nitrogen and oxygen atoms in total. The first-order chi connectivity index (χ1) is 14.8. The number of allylic oxidation sites excluding steroid dienone is 5. The van der Waals surface area contributed by atoms with E-state index in [0.29, 0.717) is 6.29 Å². The van der Waals surface area contributed by atoms with Gasteiger partial charge in [0.05, 0.1) is 11.1 Å². The third kappa shape index (κ3) is 4.24. The Labute approximate surface area is 178 Å². The lowest BCUT2D eigenvalue weighted by Crippen LogP contribution is -2.12. The number of alkyl halides is 3. The molecule has 1 aromatic heterocycles. The van der Waals surface area contributed by atoms with E-state index in [1.54, 1.807) is 10.8 Å². The predicted molar refractivity (Wildman–Crippen MR) is 116 cm³/mol. The van der Waals surface area contributed by atoms with Crippen LogP contribution in [-0.2, 0) is 13.2 Å². The van der Waals surface area contributed by atoms with E-state index in [4.69, 9.17) is 0 Å². The van der Waals surface area contributed by atoms with Gasteiger partial charge in [-0.3, -0.25) is 9.48 Å². The highest BCUT2D eigenvalue weighted by atomic mass is 19.4. The van der Waals surface area contributed by atoms with E-state index in [9.17, 15) is 18.0 Å². The number of aryl methyl sites for hydroxylation is 1. The Morgan fingerprint density at radius 2 is 1.94 bits per heavy atom. The molecule has 0 saturated carbocycles. The molecule has 2 unspecified atom stereocenters. The van der Waals surface area contributed by atoms with Gasteiger partial charge in [-0.15, -0.1) is 0 Å². The maximum Gasteiger partial charge on any atom is 0.416 e. The Hall–Kier alpha value is -3.41. The monoisotopic (exact) mass is 422 g/mol. The first-order valence-electron chi connectivity index (χ1n) is 9.93. The van der Waals surface area contributed by atoms with Gasteiger partial charge in [0.15, 0.2) is 0 Å². The fourth-order valence-corrected chi connectivity index (χ4v) is 3.99.